The number of rotatable bonds is 2. The molecule has 0 aliphatic carbocycles. The lowest BCUT2D eigenvalue weighted by atomic mass is 10.1. The molecule has 2 aromatic rings. The topological polar surface area (TPSA) is 0 Å². The van der Waals surface area contributed by atoms with E-state index in [-0.39, 0.29) is 0 Å². The standard InChI is InChI=1S/C10H9ClS3/c1-13-8-3-2-6(4-11)9-7(12)5-14-10(8)9/h2-3,5,12H,4H2,1H3. The summed E-state index contributed by atoms with van der Waals surface area (Å²) in [7, 11) is 0. The van der Waals surface area contributed by atoms with Gasteiger partial charge in [0.2, 0.25) is 0 Å². The highest BCUT2D eigenvalue weighted by Gasteiger charge is 2.09. The van der Waals surface area contributed by atoms with Gasteiger partial charge in [0.25, 0.3) is 0 Å². The molecule has 0 fully saturated rings. The monoisotopic (exact) mass is 260 g/mol. The Bertz CT molecular complexity index is 462. The van der Waals surface area contributed by atoms with Crippen LogP contribution in [0.2, 0.25) is 0 Å². The third-order valence-corrected chi connectivity index (χ3v) is 4.85. The van der Waals surface area contributed by atoms with Gasteiger partial charge in [0.05, 0.1) is 0 Å². The van der Waals surface area contributed by atoms with E-state index in [1.165, 1.54) is 20.5 Å². The lowest BCUT2D eigenvalue weighted by molar-refractivity contribution is 1.40. The maximum absolute atomic E-state index is 5.89. The molecule has 2 rings (SSSR count). The molecule has 1 aromatic carbocycles. The molecule has 1 aromatic heterocycles. The fourth-order valence-corrected chi connectivity index (χ4v) is 3.94. The van der Waals surface area contributed by atoms with Crippen LogP contribution in [0.3, 0.4) is 0 Å². The Morgan fingerprint density at radius 2 is 2.29 bits per heavy atom. The molecule has 0 aliphatic heterocycles. The lowest BCUT2D eigenvalue weighted by Crippen LogP contribution is -1.81. The van der Waals surface area contributed by atoms with Gasteiger partial charge in [-0.3, -0.25) is 0 Å². The number of thioether (sulfide) groups is 1. The number of fused-ring (bicyclic) bond motifs is 1. The Morgan fingerprint density at radius 3 is 2.93 bits per heavy atom. The van der Waals surface area contributed by atoms with Crippen molar-refractivity contribution in [3.8, 4) is 0 Å². The Balaban J connectivity index is 2.81. The van der Waals surface area contributed by atoms with Crippen LogP contribution in [0.25, 0.3) is 10.1 Å². The fraction of sp³-hybridized carbons (Fsp3) is 0.200. The first kappa shape index (κ1) is 10.7. The molecule has 0 unspecified atom stereocenters. The molecule has 0 radical (unpaired) electrons. The van der Waals surface area contributed by atoms with Gasteiger partial charge in [0, 0.05) is 31.1 Å². The minimum absolute atomic E-state index is 0.551. The third-order valence-electron chi connectivity index (χ3n) is 2.12. The van der Waals surface area contributed by atoms with Crippen molar-refractivity contribution in [2.75, 3.05) is 6.26 Å². The molecule has 4 heteroatoms. The van der Waals surface area contributed by atoms with Gasteiger partial charge >= 0.3 is 0 Å². The van der Waals surface area contributed by atoms with E-state index in [1.807, 2.05) is 0 Å². The molecular formula is C10H9ClS3. The molecule has 0 bridgehead atoms. The Kier molecular flexibility index (Phi) is 3.32. The predicted molar refractivity (Wildman–Crippen MR) is 70.4 cm³/mol. The molecule has 0 saturated heterocycles. The van der Waals surface area contributed by atoms with Crippen molar-refractivity contribution in [3.05, 3.63) is 23.1 Å². The molecule has 1 heterocycles. The van der Waals surface area contributed by atoms with Crippen molar-refractivity contribution in [2.24, 2.45) is 0 Å². The average molecular weight is 261 g/mol. The van der Waals surface area contributed by atoms with E-state index in [4.69, 9.17) is 11.6 Å². The Labute approximate surface area is 102 Å². The van der Waals surface area contributed by atoms with Gasteiger partial charge in [-0.15, -0.1) is 47.3 Å². The smallest absolute Gasteiger partial charge is 0.0493 e. The summed E-state index contributed by atoms with van der Waals surface area (Å²) in [5.41, 5.74) is 1.17. The summed E-state index contributed by atoms with van der Waals surface area (Å²) in [6.07, 6.45) is 2.09. The molecule has 0 nitrogen and oxygen atoms in total. The van der Waals surface area contributed by atoms with Crippen molar-refractivity contribution in [2.45, 2.75) is 15.7 Å². The van der Waals surface area contributed by atoms with E-state index >= 15 is 0 Å². The van der Waals surface area contributed by atoms with E-state index < -0.39 is 0 Å². The van der Waals surface area contributed by atoms with Gasteiger partial charge in [-0.2, -0.15) is 0 Å². The molecule has 0 spiro atoms. The van der Waals surface area contributed by atoms with E-state index in [1.54, 1.807) is 23.1 Å². The number of halogens is 1. The number of thiophene rings is 1. The Morgan fingerprint density at radius 1 is 1.50 bits per heavy atom. The van der Waals surface area contributed by atoms with Crippen LogP contribution in [-0.4, -0.2) is 6.26 Å². The number of benzene rings is 1. The zero-order chi connectivity index (χ0) is 10.1. The highest BCUT2D eigenvalue weighted by atomic mass is 35.5. The highest BCUT2D eigenvalue weighted by Crippen LogP contribution is 2.38. The van der Waals surface area contributed by atoms with Crippen LogP contribution in [0.4, 0.5) is 0 Å². The largest absolute Gasteiger partial charge is 0.142 e. The van der Waals surface area contributed by atoms with Crippen LogP contribution in [0, 0.1) is 0 Å². The van der Waals surface area contributed by atoms with Crippen molar-refractivity contribution >= 4 is 57.4 Å². The van der Waals surface area contributed by atoms with Crippen LogP contribution in [-0.2, 0) is 5.88 Å². The molecule has 74 valence electrons. The first-order valence-corrected chi connectivity index (χ1v) is 7.18. The van der Waals surface area contributed by atoms with Gasteiger partial charge in [-0.05, 0) is 17.9 Å². The van der Waals surface area contributed by atoms with Gasteiger partial charge in [-0.1, -0.05) is 6.07 Å². The predicted octanol–water partition coefficient (Wildman–Crippen LogP) is 4.65. The second kappa shape index (κ2) is 4.35. The first-order chi connectivity index (χ1) is 6.77. The number of alkyl halides is 1. The summed E-state index contributed by atoms with van der Waals surface area (Å²) >= 11 is 13.9. The summed E-state index contributed by atoms with van der Waals surface area (Å²) in [6.45, 7) is 0. The maximum Gasteiger partial charge on any atom is 0.0493 e. The molecule has 0 N–H and O–H groups in total. The second-order valence-corrected chi connectivity index (χ2v) is 5.36. The van der Waals surface area contributed by atoms with Gasteiger partial charge in [-0.25, -0.2) is 0 Å². The van der Waals surface area contributed by atoms with Crippen LogP contribution < -0.4 is 0 Å². The van der Waals surface area contributed by atoms with Gasteiger partial charge in [0.1, 0.15) is 0 Å². The van der Waals surface area contributed by atoms with E-state index in [0.717, 1.165) is 4.90 Å². The number of hydrogen-bond acceptors (Lipinski definition) is 3. The minimum Gasteiger partial charge on any atom is -0.142 e. The van der Waals surface area contributed by atoms with Crippen LogP contribution in [0.15, 0.2) is 27.3 Å². The summed E-state index contributed by atoms with van der Waals surface area (Å²) < 4.78 is 1.31. The summed E-state index contributed by atoms with van der Waals surface area (Å²) in [5.74, 6) is 0.551. The average Bonchev–Trinajstić information content (AvgIpc) is 2.60. The van der Waals surface area contributed by atoms with E-state index in [0.29, 0.717) is 5.88 Å². The van der Waals surface area contributed by atoms with Crippen molar-refractivity contribution in [3.63, 3.8) is 0 Å². The summed E-state index contributed by atoms with van der Waals surface area (Å²) in [4.78, 5) is 2.34. The van der Waals surface area contributed by atoms with Crippen LogP contribution in [0.5, 0.6) is 0 Å². The summed E-state index contributed by atoms with van der Waals surface area (Å²) in [5, 5.41) is 3.30. The van der Waals surface area contributed by atoms with Gasteiger partial charge in [0.15, 0.2) is 0 Å². The fourth-order valence-electron chi connectivity index (χ4n) is 1.45. The van der Waals surface area contributed by atoms with Crippen molar-refractivity contribution in [1.29, 1.82) is 0 Å². The SMILES string of the molecule is CSc1ccc(CCl)c2c(S)csc12. The third kappa shape index (κ3) is 1.67. The molecular weight excluding hydrogens is 252 g/mol. The van der Waals surface area contributed by atoms with Crippen LogP contribution >= 0.6 is 47.3 Å². The quantitative estimate of drug-likeness (QED) is 0.466. The highest BCUT2D eigenvalue weighted by molar-refractivity contribution is 7.99. The van der Waals surface area contributed by atoms with Crippen molar-refractivity contribution in [1.82, 2.24) is 0 Å². The maximum atomic E-state index is 5.89. The van der Waals surface area contributed by atoms with Gasteiger partial charge < -0.3 is 0 Å². The normalized spacial score (nSPS) is 11.1. The Hall–Kier alpha value is 0.170. The molecule has 0 atom stereocenters. The molecule has 0 saturated carbocycles. The minimum atomic E-state index is 0.551. The molecule has 0 amide bonds. The lowest BCUT2D eigenvalue weighted by Gasteiger charge is -2.03. The molecule has 0 aliphatic rings. The van der Waals surface area contributed by atoms with Crippen molar-refractivity contribution < 1.29 is 0 Å². The zero-order valence-electron chi connectivity index (χ0n) is 7.58. The first-order valence-electron chi connectivity index (χ1n) is 4.10. The number of thiol groups is 1. The molecule has 14 heavy (non-hydrogen) atoms. The number of hydrogen-bond donors (Lipinski definition) is 1. The van der Waals surface area contributed by atoms with Crippen LogP contribution in [0.1, 0.15) is 5.56 Å². The summed E-state index contributed by atoms with van der Waals surface area (Å²) in [6, 6.07) is 4.22. The van der Waals surface area contributed by atoms with E-state index in [9.17, 15) is 0 Å². The second-order valence-electron chi connectivity index (χ2n) is 2.89. The zero-order valence-corrected chi connectivity index (χ0v) is 10.9. The van der Waals surface area contributed by atoms with E-state index in [2.05, 4.69) is 36.4 Å².